The number of hydrogen-bond acceptors (Lipinski definition) is 5. The Morgan fingerprint density at radius 2 is 1.90 bits per heavy atom. The van der Waals surface area contributed by atoms with E-state index in [-0.39, 0.29) is 6.03 Å². The summed E-state index contributed by atoms with van der Waals surface area (Å²) in [4.78, 5) is 21.0. The van der Waals surface area contributed by atoms with Crippen molar-refractivity contribution in [2.24, 2.45) is 0 Å². The lowest BCUT2D eigenvalue weighted by Gasteiger charge is -2.08. The van der Waals surface area contributed by atoms with Crippen LogP contribution in [-0.2, 0) is 6.54 Å². The fraction of sp³-hybridized carbons (Fsp3) is 0.174. The summed E-state index contributed by atoms with van der Waals surface area (Å²) in [5, 5.41) is 8.18. The summed E-state index contributed by atoms with van der Waals surface area (Å²) in [6, 6.07) is 14.1. The van der Waals surface area contributed by atoms with Crippen LogP contribution in [0.15, 0.2) is 53.4 Å². The average Bonchev–Trinajstić information content (AvgIpc) is 3.40. The highest BCUT2D eigenvalue weighted by Crippen LogP contribution is 2.31. The van der Waals surface area contributed by atoms with Crippen LogP contribution in [-0.4, -0.2) is 24.1 Å². The first-order valence-electron chi connectivity index (χ1n) is 9.82. The number of carbonyl (C=O) groups is 1. The lowest BCUT2D eigenvalue weighted by molar-refractivity contribution is 0.251. The van der Waals surface area contributed by atoms with Crippen molar-refractivity contribution in [3.05, 3.63) is 63.9 Å². The van der Waals surface area contributed by atoms with Gasteiger partial charge in [-0.2, -0.15) is 0 Å². The Morgan fingerprint density at radius 1 is 1.10 bits per heavy atom. The molecule has 156 valence electrons. The van der Waals surface area contributed by atoms with Gasteiger partial charge in [0.1, 0.15) is 13.9 Å². The number of nitrogens with zero attached hydrogens (tertiary/aromatic N) is 2. The molecule has 2 N–H and O–H groups in total. The summed E-state index contributed by atoms with van der Waals surface area (Å²) in [6.07, 6.45) is 0. The first kappa shape index (κ1) is 21.2. The summed E-state index contributed by atoms with van der Waals surface area (Å²) in [6.45, 7) is 6.99. The maximum Gasteiger partial charge on any atom is 0.320 e. The Bertz CT molecular complexity index is 1280. The van der Waals surface area contributed by atoms with Crippen LogP contribution in [0.3, 0.4) is 0 Å². The zero-order valence-corrected chi connectivity index (χ0v) is 20.2. The standard InChI is InChI=1S/C23H22N4OS2Si/c1-31(2,3)12-11-21-26-20(14-29-21)27-23(28)24-13-16-7-9-17(10-8-16)18-5-4-6-19-22(18)30-15-25-19/h4-10,14-15H,13H2,1-3H3,(H2,24,27,28). The normalized spacial score (nSPS) is 11.1. The number of hydrogen-bond donors (Lipinski definition) is 2. The van der Waals surface area contributed by atoms with Gasteiger partial charge in [0.2, 0.25) is 0 Å². The number of benzene rings is 2. The maximum atomic E-state index is 12.2. The van der Waals surface area contributed by atoms with Gasteiger partial charge in [0, 0.05) is 17.5 Å². The van der Waals surface area contributed by atoms with Crippen LogP contribution in [0.2, 0.25) is 19.6 Å². The highest BCUT2D eigenvalue weighted by Gasteiger charge is 2.10. The fourth-order valence-electron chi connectivity index (χ4n) is 2.89. The van der Waals surface area contributed by atoms with Crippen molar-refractivity contribution in [3.8, 4) is 22.6 Å². The van der Waals surface area contributed by atoms with E-state index in [2.05, 4.69) is 69.9 Å². The SMILES string of the molecule is C[Si](C)(C)C#Cc1nc(NC(=O)NCc2ccc(-c3cccc4ncsc34)cc2)cs1. The quantitative estimate of drug-likeness (QED) is 0.290. The molecule has 2 heterocycles. The van der Waals surface area contributed by atoms with E-state index in [0.717, 1.165) is 21.7 Å². The number of carbonyl (C=O) groups excluding carboxylic acids is 1. The van der Waals surface area contributed by atoms with Crippen LogP contribution in [0.25, 0.3) is 21.3 Å². The molecule has 5 nitrogen and oxygen atoms in total. The van der Waals surface area contributed by atoms with E-state index < -0.39 is 8.07 Å². The largest absolute Gasteiger partial charge is 0.334 e. The molecule has 4 rings (SSSR count). The second-order valence-electron chi connectivity index (χ2n) is 8.05. The Labute approximate surface area is 190 Å². The van der Waals surface area contributed by atoms with E-state index in [1.54, 1.807) is 11.3 Å². The Kier molecular flexibility index (Phi) is 6.18. The molecule has 0 fully saturated rings. The smallest absolute Gasteiger partial charge is 0.320 e. The summed E-state index contributed by atoms with van der Waals surface area (Å²) in [7, 11) is -1.45. The predicted octanol–water partition coefficient (Wildman–Crippen LogP) is 5.97. The average molecular weight is 463 g/mol. The number of nitrogens with one attached hydrogen (secondary N) is 2. The number of thiazole rings is 2. The summed E-state index contributed by atoms with van der Waals surface area (Å²) in [5.74, 6) is 3.63. The molecule has 0 atom stereocenters. The van der Waals surface area contributed by atoms with Crippen LogP contribution in [0, 0.1) is 11.5 Å². The summed E-state index contributed by atoms with van der Waals surface area (Å²) >= 11 is 3.08. The highest BCUT2D eigenvalue weighted by molar-refractivity contribution is 7.17. The second kappa shape index (κ2) is 9.02. The van der Waals surface area contributed by atoms with Gasteiger partial charge in [-0.25, -0.2) is 14.8 Å². The van der Waals surface area contributed by atoms with E-state index >= 15 is 0 Å². The molecule has 0 spiro atoms. The predicted molar refractivity (Wildman–Crippen MR) is 133 cm³/mol. The summed E-state index contributed by atoms with van der Waals surface area (Å²) < 4.78 is 1.19. The third-order valence-electron chi connectivity index (χ3n) is 4.36. The van der Waals surface area contributed by atoms with Gasteiger partial charge in [-0.05, 0) is 23.1 Å². The number of aromatic nitrogens is 2. The number of rotatable bonds is 4. The molecular weight excluding hydrogens is 441 g/mol. The minimum absolute atomic E-state index is 0.284. The number of urea groups is 1. The van der Waals surface area contributed by atoms with Crippen molar-refractivity contribution in [2.45, 2.75) is 26.2 Å². The lowest BCUT2D eigenvalue weighted by atomic mass is 10.0. The van der Waals surface area contributed by atoms with E-state index in [1.165, 1.54) is 21.6 Å². The Morgan fingerprint density at radius 3 is 2.68 bits per heavy atom. The monoisotopic (exact) mass is 462 g/mol. The minimum atomic E-state index is -1.45. The van der Waals surface area contributed by atoms with Crippen molar-refractivity contribution in [2.75, 3.05) is 5.32 Å². The van der Waals surface area contributed by atoms with Crippen LogP contribution < -0.4 is 10.6 Å². The third-order valence-corrected chi connectivity index (χ3v) is 6.87. The summed E-state index contributed by atoms with van der Waals surface area (Å²) in [5.41, 5.74) is 9.50. The molecule has 0 aliphatic rings. The molecule has 4 aromatic rings. The van der Waals surface area contributed by atoms with E-state index in [0.29, 0.717) is 12.4 Å². The molecule has 0 aliphatic carbocycles. The van der Waals surface area contributed by atoms with Crippen LogP contribution in [0.4, 0.5) is 10.6 Å². The van der Waals surface area contributed by atoms with Crippen LogP contribution in [0.5, 0.6) is 0 Å². The van der Waals surface area contributed by atoms with Crippen molar-refractivity contribution >= 4 is 52.8 Å². The van der Waals surface area contributed by atoms with Gasteiger partial charge >= 0.3 is 6.03 Å². The lowest BCUT2D eigenvalue weighted by Crippen LogP contribution is -2.28. The zero-order valence-electron chi connectivity index (χ0n) is 17.5. The van der Waals surface area contributed by atoms with Gasteiger partial charge in [0.05, 0.1) is 15.7 Å². The van der Waals surface area contributed by atoms with Gasteiger partial charge in [-0.1, -0.05) is 56.0 Å². The van der Waals surface area contributed by atoms with Crippen LogP contribution in [0.1, 0.15) is 10.6 Å². The van der Waals surface area contributed by atoms with E-state index in [1.807, 2.05) is 35.2 Å². The molecule has 2 aromatic carbocycles. The second-order valence-corrected chi connectivity index (χ2v) is 14.5. The van der Waals surface area contributed by atoms with Crippen molar-refractivity contribution < 1.29 is 4.79 Å². The van der Waals surface area contributed by atoms with Gasteiger partial charge < -0.3 is 5.32 Å². The Hall–Kier alpha value is -2.99. The molecule has 0 saturated carbocycles. The van der Waals surface area contributed by atoms with Crippen molar-refractivity contribution in [3.63, 3.8) is 0 Å². The highest BCUT2D eigenvalue weighted by atomic mass is 32.1. The molecule has 0 radical (unpaired) electrons. The van der Waals surface area contributed by atoms with Gasteiger partial charge in [-0.15, -0.1) is 28.2 Å². The molecule has 8 heteroatoms. The molecule has 31 heavy (non-hydrogen) atoms. The number of fused-ring (bicyclic) bond motifs is 1. The van der Waals surface area contributed by atoms with E-state index in [9.17, 15) is 4.79 Å². The topological polar surface area (TPSA) is 66.9 Å². The molecule has 2 amide bonds. The van der Waals surface area contributed by atoms with E-state index in [4.69, 9.17) is 0 Å². The molecule has 0 aliphatic heterocycles. The zero-order chi connectivity index (χ0) is 21.8. The van der Waals surface area contributed by atoms with Gasteiger partial charge in [0.25, 0.3) is 0 Å². The minimum Gasteiger partial charge on any atom is -0.334 e. The van der Waals surface area contributed by atoms with Gasteiger partial charge in [-0.3, -0.25) is 5.32 Å². The molecule has 0 bridgehead atoms. The van der Waals surface area contributed by atoms with Gasteiger partial charge in [0.15, 0.2) is 5.01 Å². The number of anilines is 1. The van der Waals surface area contributed by atoms with Crippen molar-refractivity contribution in [1.82, 2.24) is 15.3 Å². The first-order valence-corrected chi connectivity index (χ1v) is 15.1. The first-order chi connectivity index (χ1) is 14.9. The Balaban J connectivity index is 1.34. The third kappa shape index (κ3) is 5.58. The maximum absolute atomic E-state index is 12.2. The number of amides is 2. The van der Waals surface area contributed by atoms with Crippen LogP contribution >= 0.6 is 22.7 Å². The molecule has 2 aromatic heterocycles. The molecule has 0 unspecified atom stereocenters. The fourth-order valence-corrected chi connectivity index (χ4v) is 4.89. The molecular formula is C23H22N4OS2Si. The molecule has 0 saturated heterocycles. The van der Waals surface area contributed by atoms with Crippen molar-refractivity contribution in [1.29, 1.82) is 0 Å².